The zero-order valence-corrected chi connectivity index (χ0v) is 5.82. The summed E-state index contributed by atoms with van der Waals surface area (Å²) in [7, 11) is 0. The third kappa shape index (κ3) is 0.926. The van der Waals surface area contributed by atoms with E-state index in [4.69, 9.17) is 10.00 Å². The smallest absolute Gasteiger partial charge is 0.114 e. The molecule has 0 saturated heterocycles. The standard InChI is InChI=1S/C8H6N2O/c9-2-6-1-7-4-11-5-8(7)10-3-6/h1,3-4,8H,5H2. The molecule has 0 amide bonds. The molecular formula is C8H6N2O. The van der Waals surface area contributed by atoms with E-state index < -0.39 is 0 Å². The van der Waals surface area contributed by atoms with Gasteiger partial charge in [0.25, 0.3) is 0 Å². The van der Waals surface area contributed by atoms with Crippen molar-refractivity contribution in [2.24, 2.45) is 4.99 Å². The van der Waals surface area contributed by atoms with E-state index in [1.54, 1.807) is 12.5 Å². The first-order valence-electron chi connectivity index (χ1n) is 3.37. The highest BCUT2D eigenvalue weighted by molar-refractivity contribution is 5.86. The van der Waals surface area contributed by atoms with Crippen molar-refractivity contribution in [2.75, 3.05) is 6.61 Å². The number of hydrogen-bond donors (Lipinski definition) is 0. The molecule has 2 rings (SSSR count). The third-order valence-corrected chi connectivity index (χ3v) is 1.70. The van der Waals surface area contributed by atoms with Crippen LogP contribution in [0.15, 0.2) is 28.5 Å². The van der Waals surface area contributed by atoms with Gasteiger partial charge in [0.05, 0.1) is 11.8 Å². The van der Waals surface area contributed by atoms with Crippen molar-refractivity contribution in [2.45, 2.75) is 6.04 Å². The number of hydrogen-bond acceptors (Lipinski definition) is 3. The maximum atomic E-state index is 8.53. The fraction of sp³-hybridized carbons (Fsp3) is 0.250. The summed E-state index contributed by atoms with van der Waals surface area (Å²) in [5, 5.41) is 8.53. The molecule has 3 nitrogen and oxygen atoms in total. The molecule has 0 N–H and O–H groups in total. The van der Waals surface area contributed by atoms with E-state index in [9.17, 15) is 0 Å². The topological polar surface area (TPSA) is 45.4 Å². The number of ether oxygens (including phenoxy) is 1. The summed E-state index contributed by atoms with van der Waals surface area (Å²) < 4.78 is 5.05. The maximum absolute atomic E-state index is 8.53. The SMILES string of the molecule is N#CC1=CC2=COCC2N=C1. The largest absolute Gasteiger partial charge is 0.498 e. The Bertz CT molecular complexity index is 307. The van der Waals surface area contributed by atoms with Gasteiger partial charge in [-0.25, -0.2) is 0 Å². The van der Waals surface area contributed by atoms with Gasteiger partial charge in [0.2, 0.25) is 0 Å². The van der Waals surface area contributed by atoms with Gasteiger partial charge >= 0.3 is 0 Å². The van der Waals surface area contributed by atoms with Crippen molar-refractivity contribution in [3.8, 4) is 6.07 Å². The van der Waals surface area contributed by atoms with Crippen LogP contribution in [0.25, 0.3) is 0 Å². The summed E-state index contributed by atoms with van der Waals surface area (Å²) in [6.07, 6.45) is 5.07. The molecule has 54 valence electrons. The Hall–Kier alpha value is -1.56. The molecule has 0 aromatic heterocycles. The number of rotatable bonds is 0. The number of dihydropyridines is 1. The van der Waals surface area contributed by atoms with Crippen LogP contribution in [0.2, 0.25) is 0 Å². The van der Waals surface area contributed by atoms with Gasteiger partial charge in [-0.15, -0.1) is 0 Å². The zero-order valence-electron chi connectivity index (χ0n) is 5.82. The van der Waals surface area contributed by atoms with Gasteiger partial charge < -0.3 is 4.74 Å². The lowest BCUT2D eigenvalue weighted by Gasteiger charge is -2.07. The van der Waals surface area contributed by atoms with Crippen molar-refractivity contribution in [1.82, 2.24) is 0 Å². The van der Waals surface area contributed by atoms with Gasteiger partial charge in [0.1, 0.15) is 18.7 Å². The molecule has 0 aromatic carbocycles. The molecule has 0 saturated carbocycles. The first kappa shape index (κ1) is 6.17. The predicted octanol–water partition coefficient (Wildman–Crippen LogP) is 0.803. The third-order valence-electron chi connectivity index (χ3n) is 1.70. The van der Waals surface area contributed by atoms with Crippen molar-refractivity contribution in [1.29, 1.82) is 5.26 Å². The lowest BCUT2D eigenvalue weighted by molar-refractivity contribution is 0.270. The van der Waals surface area contributed by atoms with Crippen LogP contribution in [-0.2, 0) is 4.74 Å². The van der Waals surface area contributed by atoms with Crippen molar-refractivity contribution >= 4 is 6.21 Å². The van der Waals surface area contributed by atoms with Crippen molar-refractivity contribution in [3.63, 3.8) is 0 Å². The number of nitriles is 1. The second-order valence-corrected chi connectivity index (χ2v) is 2.46. The second kappa shape index (κ2) is 2.24. The van der Waals surface area contributed by atoms with Gasteiger partial charge in [-0.05, 0) is 6.08 Å². The average Bonchev–Trinajstić information content (AvgIpc) is 2.50. The Morgan fingerprint density at radius 3 is 3.45 bits per heavy atom. The van der Waals surface area contributed by atoms with E-state index in [-0.39, 0.29) is 6.04 Å². The van der Waals surface area contributed by atoms with Crippen molar-refractivity contribution < 1.29 is 4.74 Å². The monoisotopic (exact) mass is 146 g/mol. The molecule has 0 bridgehead atoms. The molecule has 1 atom stereocenters. The Morgan fingerprint density at radius 1 is 1.73 bits per heavy atom. The predicted molar refractivity (Wildman–Crippen MR) is 40.0 cm³/mol. The molecule has 3 heteroatoms. The van der Waals surface area contributed by atoms with Gasteiger partial charge in [-0.1, -0.05) is 0 Å². The lowest BCUT2D eigenvalue weighted by Crippen LogP contribution is -2.11. The summed E-state index contributed by atoms with van der Waals surface area (Å²) >= 11 is 0. The number of aliphatic imine (C=N–C) groups is 1. The molecule has 0 aliphatic carbocycles. The highest BCUT2D eigenvalue weighted by Crippen LogP contribution is 2.20. The van der Waals surface area contributed by atoms with E-state index >= 15 is 0 Å². The summed E-state index contributed by atoms with van der Waals surface area (Å²) in [5.74, 6) is 0. The summed E-state index contributed by atoms with van der Waals surface area (Å²) in [4.78, 5) is 4.13. The van der Waals surface area contributed by atoms with Crippen LogP contribution in [0.4, 0.5) is 0 Å². The summed E-state index contributed by atoms with van der Waals surface area (Å²) in [5.41, 5.74) is 1.60. The molecule has 0 fully saturated rings. The minimum Gasteiger partial charge on any atom is -0.498 e. The maximum Gasteiger partial charge on any atom is 0.114 e. The van der Waals surface area contributed by atoms with Gasteiger partial charge in [-0.2, -0.15) is 5.26 Å². The molecule has 11 heavy (non-hydrogen) atoms. The van der Waals surface area contributed by atoms with Crippen LogP contribution >= 0.6 is 0 Å². The van der Waals surface area contributed by atoms with Crippen molar-refractivity contribution in [3.05, 3.63) is 23.5 Å². The van der Waals surface area contributed by atoms with Crippen LogP contribution in [0.5, 0.6) is 0 Å². The molecule has 2 aliphatic rings. The summed E-state index contributed by atoms with van der Waals surface area (Å²) in [6, 6.07) is 2.16. The van der Waals surface area contributed by atoms with E-state index in [2.05, 4.69) is 4.99 Å². The van der Waals surface area contributed by atoms with Crippen LogP contribution in [0, 0.1) is 11.3 Å². The van der Waals surface area contributed by atoms with E-state index in [1.807, 2.05) is 12.1 Å². The molecule has 0 radical (unpaired) electrons. The highest BCUT2D eigenvalue weighted by atomic mass is 16.5. The highest BCUT2D eigenvalue weighted by Gasteiger charge is 2.20. The van der Waals surface area contributed by atoms with Crippen LogP contribution in [-0.4, -0.2) is 18.9 Å². The Labute approximate surface area is 64.3 Å². The van der Waals surface area contributed by atoms with Gasteiger partial charge in [0.15, 0.2) is 0 Å². The first-order chi connectivity index (χ1) is 5.40. The zero-order chi connectivity index (χ0) is 7.68. The fourth-order valence-corrected chi connectivity index (χ4v) is 1.12. The first-order valence-corrected chi connectivity index (χ1v) is 3.37. The Kier molecular flexibility index (Phi) is 1.26. The molecule has 0 spiro atoms. The molecule has 2 heterocycles. The number of allylic oxidation sites excluding steroid dienone is 1. The summed E-state index contributed by atoms with van der Waals surface area (Å²) in [6.45, 7) is 0.612. The minimum absolute atomic E-state index is 0.132. The van der Waals surface area contributed by atoms with Crippen LogP contribution in [0.3, 0.4) is 0 Å². The molecule has 1 unspecified atom stereocenters. The van der Waals surface area contributed by atoms with Crippen LogP contribution < -0.4 is 0 Å². The average molecular weight is 146 g/mol. The van der Waals surface area contributed by atoms with Gasteiger partial charge in [-0.3, -0.25) is 4.99 Å². The van der Waals surface area contributed by atoms with E-state index in [1.165, 1.54) is 0 Å². The molecule has 2 aliphatic heterocycles. The van der Waals surface area contributed by atoms with Gasteiger partial charge in [0, 0.05) is 11.8 Å². The Balaban J connectivity index is 2.34. The lowest BCUT2D eigenvalue weighted by atomic mass is 10.1. The normalized spacial score (nSPS) is 26.3. The molecule has 0 aromatic rings. The van der Waals surface area contributed by atoms with E-state index in [0.717, 1.165) is 5.57 Å². The minimum atomic E-state index is 0.132. The second-order valence-electron chi connectivity index (χ2n) is 2.46. The molecular weight excluding hydrogens is 140 g/mol. The van der Waals surface area contributed by atoms with Crippen LogP contribution in [0.1, 0.15) is 0 Å². The number of nitrogens with zero attached hydrogens (tertiary/aromatic N) is 2. The number of fused-ring (bicyclic) bond motifs is 1. The fourth-order valence-electron chi connectivity index (χ4n) is 1.12. The Morgan fingerprint density at radius 2 is 2.64 bits per heavy atom. The van der Waals surface area contributed by atoms with E-state index in [0.29, 0.717) is 12.2 Å². The quantitative estimate of drug-likeness (QED) is 0.507.